The van der Waals surface area contributed by atoms with Gasteiger partial charge in [-0.05, 0) is 24.7 Å². The quantitative estimate of drug-likeness (QED) is 0.799. The van der Waals surface area contributed by atoms with E-state index in [1.807, 2.05) is 4.90 Å². The minimum atomic E-state index is -0.242. The molecule has 2 atom stereocenters. The van der Waals surface area contributed by atoms with Crippen molar-refractivity contribution >= 4 is 11.8 Å². The molecule has 4 nitrogen and oxygen atoms in total. The molecule has 4 heteroatoms. The number of carbonyl (C=O) groups excluding carboxylic acids is 2. The van der Waals surface area contributed by atoms with Crippen LogP contribution in [0, 0.1) is 11.8 Å². The van der Waals surface area contributed by atoms with Crippen LogP contribution in [0.3, 0.4) is 0 Å². The van der Waals surface area contributed by atoms with E-state index in [0.717, 1.165) is 25.8 Å². The Bertz CT molecular complexity index is 313. The summed E-state index contributed by atoms with van der Waals surface area (Å²) in [5, 5.41) is 2.88. The Labute approximate surface area is 103 Å². The largest absolute Gasteiger partial charge is 0.344 e. The molecule has 2 rings (SSSR count). The number of hydrogen-bond donors (Lipinski definition) is 1. The number of hydrogen-bond acceptors (Lipinski definition) is 2. The van der Waals surface area contributed by atoms with Crippen molar-refractivity contribution in [3.8, 4) is 0 Å². The zero-order chi connectivity index (χ0) is 12.4. The number of amides is 2. The van der Waals surface area contributed by atoms with Crippen molar-refractivity contribution < 1.29 is 9.59 Å². The molecule has 96 valence electrons. The van der Waals surface area contributed by atoms with E-state index >= 15 is 0 Å². The van der Waals surface area contributed by atoms with Crippen LogP contribution in [0.15, 0.2) is 0 Å². The van der Waals surface area contributed by atoms with Gasteiger partial charge in [0.1, 0.15) is 6.04 Å². The number of nitrogens with one attached hydrogen (secondary N) is 1. The highest BCUT2D eigenvalue weighted by Gasteiger charge is 2.40. The Balaban J connectivity index is 2.04. The van der Waals surface area contributed by atoms with Gasteiger partial charge in [-0.15, -0.1) is 0 Å². The fraction of sp³-hybridized carbons (Fsp3) is 0.846. The molecular formula is C13H22N2O2. The first kappa shape index (κ1) is 12.4. The highest BCUT2D eigenvalue weighted by Crippen LogP contribution is 2.34. The van der Waals surface area contributed by atoms with Crippen molar-refractivity contribution in [2.24, 2.45) is 11.8 Å². The zero-order valence-corrected chi connectivity index (χ0v) is 10.7. The normalized spacial score (nSPS) is 27.6. The van der Waals surface area contributed by atoms with Gasteiger partial charge < -0.3 is 10.2 Å². The summed E-state index contributed by atoms with van der Waals surface area (Å²) >= 11 is 0. The second-order valence-electron chi connectivity index (χ2n) is 5.43. The molecule has 1 aliphatic carbocycles. The highest BCUT2D eigenvalue weighted by molar-refractivity contribution is 5.90. The van der Waals surface area contributed by atoms with Crippen LogP contribution in [0.1, 0.15) is 39.5 Å². The lowest BCUT2D eigenvalue weighted by Gasteiger charge is -2.26. The first-order valence-corrected chi connectivity index (χ1v) is 6.70. The van der Waals surface area contributed by atoms with E-state index in [-0.39, 0.29) is 17.9 Å². The average molecular weight is 238 g/mol. The van der Waals surface area contributed by atoms with Gasteiger partial charge in [0.15, 0.2) is 0 Å². The number of rotatable bonds is 4. The fourth-order valence-electron chi connectivity index (χ4n) is 2.29. The lowest BCUT2D eigenvalue weighted by molar-refractivity contribution is -0.134. The van der Waals surface area contributed by atoms with Crippen molar-refractivity contribution in [2.45, 2.75) is 45.6 Å². The maximum absolute atomic E-state index is 12.3. The van der Waals surface area contributed by atoms with Gasteiger partial charge in [-0.1, -0.05) is 20.3 Å². The Morgan fingerprint density at radius 2 is 2.12 bits per heavy atom. The Morgan fingerprint density at radius 3 is 2.71 bits per heavy atom. The topological polar surface area (TPSA) is 49.4 Å². The van der Waals surface area contributed by atoms with Crippen LogP contribution in [0.25, 0.3) is 0 Å². The molecule has 2 fully saturated rings. The second kappa shape index (κ2) is 5.07. The summed E-state index contributed by atoms with van der Waals surface area (Å²) in [6, 6.07) is -0.242. The Hall–Kier alpha value is -1.06. The third kappa shape index (κ3) is 2.99. The smallest absolute Gasteiger partial charge is 0.245 e. The van der Waals surface area contributed by atoms with Crippen LogP contribution in [-0.4, -0.2) is 35.8 Å². The number of carbonyl (C=O) groups is 2. The summed E-state index contributed by atoms with van der Waals surface area (Å²) in [4.78, 5) is 25.8. The molecule has 1 heterocycles. The molecule has 2 unspecified atom stereocenters. The maximum atomic E-state index is 12.3. The van der Waals surface area contributed by atoms with Gasteiger partial charge in [0.2, 0.25) is 11.8 Å². The Morgan fingerprint density at radius 1 is 1.41 bits per heavy atom. The summed E-state index contributed by atoms with van der Waals surface area (Å²) < 4.78 is 0. The van der Waals surface area contributed by atoms with Gasteiger partial charge in [-0.25, -0.2) is 0 Å². The minimum Gasteiger partial charge on any atom is -0.344 e. The molecule has 2 amide bonds. The Kier molecular flexibility index (Phi) is 3.69. The van der Waals surface area contributed by atoms with Crippen molar-refractivity contribution in [1.82, 2.24) is 10.2 Å². The molecule has 1 N–H and O–H groups in total. The predicted molar refractivity (Wildman–Crippen MR) is 65.3 cm³/mol. The molecule has 1 aliphatic heterocycles. The lowest BCUT2D eigenvalue weighted by atomic mass is 10.1. The van der Waals surface area contributed by atoms with Crippen molar-refractivity contribution in [1.29, 1.82) is 0 Å². The predicted octanol–water partition coefficient (Wildman–Crippen LogP) is 1.16. The molecule has 0 spiro atoms. The highest BCUT2D eigenvalue weighted by atomic mass is 16.2. The van der Waals surface area contributed by atoms with E-state index in [2.05, 4.69) is 19.2 Å². The van der Waals surface area contributed by atoms with E-state index < -0.39 is 0 Å². The third-order valence-corrected chi connectivity index (χ3v) is 3.83. The average Bonchev–Trinajstić information content (AvgIpc) is 3.13. The molecule has 0 aromatic carbocycles. The van der Waals surface area contributed by atoms with Gasteiger partial charge in [-0.2, -0.15) is 0 Å². The minimum absolute atomic E-state index is 0.0295. The summed E-state index contributed by atoms with van der Waals surface area (Å²) in [7, 11) is 0. The summed E-state index contributed by atoms with van der Waals surface area (Å²) in [6.45, 7) is 5.65. The van der Waals surface area contributed by atoms with E-state index in [0.29, 0.717) is 24.8 Å². The molecule has 0 radical (unpaired) electrons. The molecule has 2 aliphatic rings. The van der Waals surface area contributed by atoms with Crippen LogP contribution >= 0.6 is 0 Å². The molecular weight excluding hydrogens is 216 g/mol. The first-order valence-electron chi connectivity index (χ1n) is 6.70. The van der Waals surface area contributed by atoms with E-state index in [1.165, 1.54) is 0 Å². The molecule has 0 aromatic heterocycles. The second-order valence-corrected chi connectivity index (χ2v) is 5.43. The summed E-state index contributed by atoms with van der Waals surface area (Å²) in [5.74, 6) is 1.07. The standard InChI is InChI=1S/C13H22N2O2/c1-3-9(2)8-15-7-6-11(16)14-12(13(15)17)10-4-5-10/h9-10,12H,3-8H2,1-2H3,(H,14,16). The van der Waals surface area contributed by atoms with E-state index in [1.54, 1.807) is 0 Å². The molecule has 0 bridgehead atoms. The third-order valence-electron chi connectivity index (χ3n) is 3.83. The van der Waals surface area contributed by atoms with Crippen LogP contribution in [0.5, 0.6) is 0 Å². The fourth-order valence-corrected chi connectivity index (χ4v) is 2.29. The molecule has 1 saturated carbocycles. The van der Waals surface area contributed by atoms with Crippen LogP contribution in [0.2, 0.25) is 0 Å². The van der Waals surface area contributed by atoms with Crippen LogP contribution in [0.4, 0.5) is 0 Å². The van der Waals surface area contributed by atoms with Gasteiger partial charge in [0.05, 0.1) is 0 Å². The summed E-state index contributed by atoms with van der Waals surface area (Å²) in [6.07, 6.45) is 3.67. The van der Waals surface area contributed by atoms with E-state index in [9.17, 15) is 9.59 Å². The number of nitrogens with zero attached hydrogens (tertiary/aromatic N) is 1. The first-order chi connectivity index (χ1) is 8.11. The van der Waals surface area contributed by atoms with E-state index in [4.69, 9.17) is 0 Å². The molecule has 1 saturated heterocycles. The van der Waals surface area contributed by atoms with Gasteiger partial charge in [0, 0.05) is 19.5 Å². The zero-order valence-electron chi connectivity index (χ0n) is 10.7. The monoisotopic (exact) mass is 238 g/mol. The van der Waals surface area contributed by atoms with Gasteiger partial charge >= 0.3 is 0 Å². The van der Waals surface area contributed by atoms with Gasteiger partial charge in [0.25, 0.3) is 0 Å². The van der Waals surface area contributed by atoms with Gasteiger partial charge in [-0.3, -0.25) is 9.59 Å². The van der Waals surface area contributed by atoms with Crippen molar-refractivity contribution in [3.63, 3.8) is 0 Å². The van der Waals surface area contributed by atoms with Crippen LogP contribution in [-0.2, 0) is 9.59 Å². The maximum Gasteiger partial charge on any atom is 0.245 e. The summed E-state index contributed by atoms with van der Waals surface area (Å²) in [5.41, 5.74) is 0. The van der Waals surface area contributed by atoms with Crippen molar-refractivity contribution in [3.05, 3.63) is 0 Å². The lowest BCUT2D eigenvalue weighted by Crippen LogP contribution is -2.47. The molecule has 17 heavy (non-hydrogen) atoms. The molecule has 0 aromatic rings. The SMILES string of the molecule is CCC(C)CN1CCC(=O)NC(C2CC2)C1=O. The van der Waals surface area contributed by atoms with Crippen LogP contribution < -0.4 is 5.32 Å². The van der Waals surface area contributed by atoms with Crippen molar-refractivity contribution in [2.75, 3.05) is 13.1 Å².